The van der Waals surface area contributed by atoms with Crippen LogP contribution in [0.25, 0.3) is 5.65 Å². The molecule has 1 unspecified atom stereocenters. The number of aromatic nitrogens is 4. The van der Waals surface area contributed by atoms with Crippen LogP contribution >= 0.6 is 0 Å². The maximum atomic E-state index is 12.8. The van der Waals surface area contributed by atoms with Gasteiger partial charge in [-0.05, 0) is 29.0 Å². The molecule has 1 atom stereocenters. The zero-order valence-corrected chi connectivity index (χ0v) is 13.6. The van der Waals surface area contributed by atoms with Crippen molar-refractivity contribution in [3.8, 4) is 0 Å². The molecule has 1 aliphatic rings. The van der Waals surface area contributed by atoms with E-state index in [9.17, 15) is 9.90 Å². The lowest BCUT2D eigenvalue weighted by atomic mass is 9.70. The van der Waals surface area contributed by atoms with Crippen LogP contribution in [0.15, 0.2) is 18.3 Å². The summed E-state index contributed by atoms with van der Waals surface area (Å²) in [4.78, 5) is 14.5. The highest BCUT2D eigenvalue weighted by Gasteiger charge is 2.48. The van der Waals surface area contributed by atoms with Crippen LogP contribution in [0.1, 0.15) is 30.6 Å². The molecule has 0 aromatic carbocycles. The van der Waals surface area contributed by atoms with Gasteiger partial charge in [0.05, 0.1) is 17.8 Å². The summed E-state index contributed by atoms with van der Waals surface area (Å²) in [5.41, 5.74) is -0.276. The minimum Gasteiger partial charge on any atom is -0.387 e. The molecule has 2 aromatic heterocycles. The van der Waals surface area contributed by atoms with Gasteiger partial charge in [-0.1, -0.05) is 13.8 Å². The van der Waals surface area contributed by atoms with Crippen LogP contribution in [0.2, 0.25) is 0 Å². The first-order valence-electron chi connectivity index (χ1n) is 7.55. The van der Waals surface area contributed by atoms with Gasteiger partial charge in [0.1, 0.15) is 0 Å². The molecular formula is C15H21N5O3. The predicted molar refractivity (Wildman–Crippen MR) is 81.9 cm³/mol. The summed E-state index contributed by atoms with van der Waals surface area (Å²) in [5, 5.41) is 22.0. The minimum absolute atomic E-state index is 0.0880. The SMILES string of the molecule is COCC1(O)CCN(C(=O)c2ccc3nnnn3c2)CC1(C)C. The summed E-state index contributed by atoms with van der Waals surface area (Å²) >= 11 is 0. The van der Waals surface area contributed by atoms with E-state index < -0.39 is 11.0 Å². The third kappa shape index (κ3) is 2.68. The van der Waals surface area contributed by atoms with Gasteiger partial charge < -0.3 is 14.7 Å². The van der Waals surface area contributed by atoms with Gasteiger partial charge in [0.25, 0.3) is 5.91 Å². The lowest BCUT2D eigenvalue weighted by Gasteiger charge is -2.49. The number of tetrazole rings is 1. The number of likely N-dealkylation sites (tertiary alicyclic amines) is 1. The van der Waals surface area contributed by atoms with Crippen LogP contribution in [0.5, 0.6) is 0 Å². The standard InChI is InChI=1S/C15H21N5O3/c1-14(2)9-19(7-6-15(14,22)10-23-3)13(21)11-4-5-12-16-17-18-20(12)8-11/h4-5,8,22H,6-7,9-10H2,1-3H3. The number of aliphatic hydroxyl groups is 1. The largest absolute Gasteiger partial charge is 0.387 e. The summed E-state index contributed by atoms with van der Waals surface area (Å²) in [6, 6.07) is 3.43. The molecule has 8 heteroatoms. The zero-order valence-electron chi connectivity index (χ0n) is 13.6. The molecule has 1 N–H and O–H groups in total. The second kappa shape index (κ2) is 5.54. The fraction of sp³-hybridized carbons (Fsp3) is 0.600. The van der Waals surface area contributed by atoms with E-state index in [1.807, 2.05) is 13.8 Å². The molecule has 8 nitrogen and oxygen atoms in total. The van der Waals surface area contributed by atoms with Gasteiger partial charge in [-0.25, -0.2) is 0 Å². The highest BCUT2D eigenvalue weighted by Crippen LogP contribution is 2.39. The number of hydrogen-bond acceptors (Lipinski definition) is 6. The van der Waals surface area contributed by atoms with Crippen molar-refractivity contribution in [2.24, 2.45) is 5.41 Å². The molecule has 1 aliphatic heterocycles. The molecule has 0 bridgehead atoms. The van der Waals surface area contributed by atoms with Gasteiger partial charge in [0, 0.05) is 31.8 Å². The molecule has 1 saturated heterocycles. The topological polar surface area (TPSA) is 92.9 Å². The fourth-order valence-electron chi connectivity index (χ4n) is 3.09. The predicted octanol–water partition coefficient (Wildman–Crippen LogP) is 0.374. The molecule has 0 aliphatic carbocycles. The average molecular weight is 319 g/mol. The van der Waals surface area contributed by atoms with Crippen LogP contribution in [-0.2, 0) is 4.74 Å². The Morgan fingerprint density at radius 3 is 2.91 bits per heavy atom. The zero-order chi connectivity index (χ0) is 16.7. The van der Waals surface area contributed by atoms with Crippen molar-refractivity contribution in [3.63, 3.8) is 0 Å². The summed E-state index contributed by atoms with van der Waals surface area (Å²) in [5.74, 6) is -0.0880. The minimum atomic E-state index is -0.932. The van der Waals surface area contributed by atoms with Crippen LogP contribution in [0.3, 0.4) is 0 Å². The van der Waals surface area contributed by atoms with Gasteiger partial charge in [-0.2, -0.15) is 4.52 Å². The van der Waals surface area contributed by atoms with E-state index in [0.717, 1.165) is 0 Å². The summed E-state index contributed by atoms with van der Waals surface area (Å²) in [6.45, 7) is 5.11. The van der Waals surface area contributed by atoms with Crippen LogP contribution < -0.4 is 0 Å². The molecule has 2 aromatic rings. The first-order chi connectivity index (χ1) is 10.9. The number of methoxy groups -OCH3 is 1. The Kier molecular flexibility index (Phi) is 3.81. The number of carbonyl (C=O) groups is 1. The highest BCUT2D eigenvalue weighted by molar-refractivity contribution is 5.94. The summed E-state index contributed by atoms with van der Waals surface area (Å²) in [6.07, 6.45) is 2.10. The Morgan fingerprint density at radius 1 is 1.43 bits per heavy atom. The van der Waals surface area contributed by atoms with Crippen molar-refractivity contribution in [3.05, 3.63) is 23.9 Å². The normalized spacial score (nSPS) is 24.1. The third-order valence-corrected chi connectivity index (χ3v) is 4.75. The molecule has 23 heavy (non-hydrogen) atoms. The van der Waals surface area contributed by atoms with Crippen LogP contribution in [-0.4, -0.2) is 68.4 Å². The van der Waals surface area contributed by atoms with Crippen molar-refractivity contribution in [2.45, 2.75) is 25.9 Å². The Labute approximate surface area is 134 Å². The number of carbonyl (C=O) groups excluding carboxylic acids is 1. The summed E-state index contributed by atoms with van der Waals surface area (Å²) < 4.78 is 6.64. The van der Waals surface area contributed by atoms with Gasteiger partial charge >= 0.3 is 0 Å². The monoisotopic (exact) mass is 319 g/mol. The Balaban J connectivity index is 1.81. The van der Waals surface area contributed by atoms with Crippen molar-refractivity contribution in [1.82, 2.24) is 24.9 Å². The van der Waals surface area contributed by atoms with Gasteiger partial charge in [-0.3, -0.25) is 4.79 Å². The van der Waals surface area contributed by atoms with Gasteiger partial charge in [-0.15, -0.1) is 5.10 Å². The molecule has 0 spiro atoms. The second-order valence-corrected chi connectivity index (χ2v) is 6.72. The molecule has 124 valence electrons. The molecular weight excluding hydrogens is 298 g/mol. The lowest BCUT2D eigenvalue weighted by Crippen LogP contribution is -2.60. The van der Waals surface area contributed by atoms with E-state index in [2.05, 4.69) is 15.5 Å². The number of nitrogens with zero attached hydrogens (tertiary/aromatic N) is 5. The van der Waals surface area contributed by atoms with Crippen LogP contribution in [0.4, 0.5) is 0 Å². The maximum absolute atomic E-state index is 12.8. The van der Waals surface area contributed by atoms with Gasteiger partial charge in [0.15, 0.2) is 5.65 Å². The Morgan fingerprint density at radius 2 is 2.22 bits per heavy atom. The van der Waals surface area contributed by atoms with E-state index in [4.69, 9.17) is 4.74 Å². The quantitative estimate of drug-likeness (QED) is 0.879. The number of amides is 1. The number of hydrogen-bond donors (Lipinski definition) is 1. The van der Waals surface area contributed by atoms with Crippen molar-refractivity contribution in [1.29, 1.82) is 0 Å². The lowest BCUT2D eigenvalue weighted by molar-refractivity contribution is -0.144. The molecule has 1 fully saturated rings. The van der Waals surface area contributed by atoms with E-state index in [1.54, 1.807) is 30.3 Å². The molecule has 3 rings (SSSR count). The first-order valence-corrected chi connectivity index (χ1v) is 7.55. The smallest absolute Gasteiger partial charge is 0.255 e. The number of ether oxygens (including phenoxy) is 1. The molecule has 1 amide bonds. The van der Waals surface area contributed by atoms with Gasteiger partial charge in [0.2, 0.25) is 0 Å². The third-order valence-electron chi connectivity index (χ3n) is 4.75. The van der Waals surface area contributed by atoms with E-state index in [0.29, 0.717) is 30.7 Å². The second-order valence-electron chi connectivity index (χ2n) is 6.72. The number of fused-ring (bicyclic) bond motifs is 1. The average Bonchev–Trinajstić information content (AvgIpc) is 2.97. The van der Waals surface area contributed by atoms with Crippen molar-refractivity contribution >= 4 is 11.6 Å². The Hall–Kier alpha value is -2.06. The Bertz CT molecular complexity index is 729. The van der Waals surface area contributed by atoms with E-state index >= 15 is 0 Å². The van der Waals surface area contributed by atoms with Crippen molar-refractivity contribution in [2.75, 3.05) is 26.8 Å². The number of rotatable bonds is 3. The maximum Gasteiger partial charge on any atom is 0.255 e. The molecule has 0 saturated carbocycles. The summed E-state index contributed by atoms with van der Waals surface area (Å²) in [7, 11) is 1.58. The highest BCUT2D eigenvalue weighted by atomic mass is 16.5. The molecule has 0 radical (unpaired) electrons. The van der Waals surface area contributed by atoms with Crippen LogP contribution in [0, 0.1) is 5.41 Å². The number of pyridine rings is 1. The fourth-order valence-corrected chi connectivity index (χ4v) is 3.09. The van der Waals surface area contributed by atoms with Crippen molar-refractivity contribution < 1.29 is 14.6 Å². The van der Waals surface area contributed by atoms with E-state index in [1.165, 1.54) is 4.52 Å². The van der Waals surface area contributed by atoms with E-state index in [-0.39, 0.29) is 12.5 Å². The first kappa shape index (κ1) is 15.8. The number of piperidine rings is 1. The molecule has 3 heterocycles.